The predicted molar refractivity (Wildman–Crippen MR) is 82.4 cm³/mol. The molecule has 1 heterocycles. The molecular weight excluding hydrogens is 296 g/mol. The zero-order chi connectivity index (χ0) is 14.7. The van der Waals surface area contributed by atoms with Crippen molar-refractivity contribution >= 4 is 34.9 Å². The van der Waals surface area contributed by atoms with E-state index in [2.05, 4.69) is 5.32 Å². The van der Waals surface area contributed by atoms with E-state index in [4.69, 9.17) is 28.6 Å². The Morgan fingerprint density at radius 1 is 1.50 bits per heavy atom. The zero-order valence-electron chi connectivity index (χ0n) is 11.2. The van der Waals surface area contributed by atoms with Crippen LogP contribution in [0.4, 0.5) is 0 Å². The number of thiocarbonyl (C=S) groups is 1. The molecule has 2 rings (SSSR count). The van der Waals surface area contributed by atoms with Gasteiger partial charge in [0, 0.05) is 18.3 Å². The van der Waals surface area contributed by atoms with Crippen LogP contribution in [0.1, 0.15) is 18.5 Å². The molecule has 0 amide bonds. The third-order valence-electron chi connectivity index (χ3n) is 2.96. The van der Waals surface area contributed by atoms with Crippen LogP contribution in [0.5, 0.6) is 0 Å². The molecule has 0 saturated carbocycles. The lowest BCUT2D eigenvalue weighted by Gasteiger charge is -2.31. The summed E-state index contributed by atoms with van der Waals surface area (Å²) < 4.78 is 5.10. The summed E-state index contributed by atoms with van der Waals surface area (Å²) in [5.74, 6) is -0.376. The fourth-order valence-electron chi connectivity index (χ4n) is 1.98. The van der Waals surface area contributed by atoms with E-state index < -0.39 is 6.04 Å². The van der Waals surface area contributed by atoms with Crippen LogP contribution in [-0.2, 0) is 9.53 Å². The number of halogens is 1. The van der Waals surface area contributed by atoms with Gasteiger partial charge >= 0.3 is 5.97 Å². The number of ether oxygens (including phenoxy) is 1. The average Bonchev–Trinajstić information content (AvgIpc) is 2.42. The minimum Gasteiger partial charge on any atom is -0.463 e. The normalized spacial score (nSPS) is 18.4. The molecule has 0 aliphatic carbocycles. The first-order valence-electron chi connectivity index (χ1n) is 6.21. The molecule has 1 aliphatic rings. The Morgan fingerprint density at radius 3 is 2.85 bits per heavy atom. The Bertz CT molecular complexity index is 574. The van der Waals surface area contributed by atoms with Gasteiger partial charge < -0.3 is 15.0 Å². The molecule has 1 unspecified atom stereocenters. The Balaban J connectivity index is 2.43. The number of nitrogens with zero attached hydrogens (tertiary/aromatic N) is 1. The third kappa shape index (κ3) is 2.94. The van der Waals surface area contributed by atoms with Gasteiger partial charge in [0.05, 0.1) is 18.2 Å². The number of carbonyl (C=O) groups excluding carboxylic acids is 1. The summed E-state index contributed by atoms with van der Waals surface area (Å²) >= 11 is 11.4. The Morgan fingerprint density at radius 2 is 2.20 bits per heavy atom. The molecule has 0 spiro atoms. The molecule has 0 radical (unpaired) electrons. The minimum atomic E-state index is -0.397. The molecule has 0 aromatic heterocycles. The molecule has 1 aromatic rings. The van der Waals surface area contributed by atoms with Crippen LogP contribution >= 0.6 is 23.8 Å². The Labute approximate surface area is 128 Å². The molecule has 4 nitrogen and oxygen atoms in total. The molecular formula is C14H15ClN2O2S. The summed E-state index contributed by atoms with van der Waals surface area (Å²) in [4.78, 5) is 13.8. The molecule has 0 bridgehead atoms. The van der Waals surface area contributed by atoms with Crippen LogP contribution in [0, 0.1) is 0 Å². The van der Waals surface area contributed by atoms with E-state index in [1.54, 1.807) is 31.1 Å². The number of nitrogens with one attached hydrogen (secondary N) is 1. The van der Waals surface area contributed by atoms with E-state index >= 15 is 0 Å². The maximum absolute atomic E-state index is 12.1. The van der Waals surface area contributed by atoms with Gasteiger partial charge in [0.15, 0.2) is 5.11 Å². The number of benzene rings is 1. The largest absolute Gasteiger partial charge is 0.463 e. The predicted octanol–water partition coefficient (Wildman–Crippen LogP) is 2.65. The summed E-state index contributed by atoms with van der Waals surface area (Å²) in [6, 6.07) is 6.95. The molecule has 1 aliphatic heterocycles. The molecule has 106 valence electrons. The maximum atomic E-state index is 12.1. The van der Waals surface area contributed by atoms with Crippen molar-refractivity contribution in [2.24, 2.45) is 0 Å². The number of hydrogen-bond acceptors (Lipinski definition) is 3. The van der Waals surface area contributed by atoms with Crippen molar-refractivity contribution in [2.45, 2.75) is 13.0 Å². The Kier molecular flexibility index (Phi) is 4.62. The van der Waals surface area contributed by atoms with Gasteiger partial charge in [-0.05, 0) is 30.8 Å². The number of hydrogen-bond donors (Lipinski definition) is 1. The van der Waals surface area contributed by atoms with E-state index in [1.807, 2.05) is 18.2 Å². The highest BCUT2D eigenvalue weighted by Crippen LogP contribution is 2.31. The van der Waals surface area contributed by atoms with E-state index in [0.29, 0.717) is 22.3 Å². The minimum absolute atomic E-state index is 0.319. The molecule has 0 fully saturated rings. The van der Waals surface area contributed by atoms with Crippen LogP contribution in [0.3, 0.4) is 0 Å². The second-order valence-electron chi connectivity index (χ2n) is 4.32. The first-order valence-corrected chi connectivity index (χ1v) is 6.99. The zero-order valence-corrected chi connectivity index (χ0v) is 12.8. The summed E-state index contributed by atoms with van der Waals surface area (Å²) in [7, 11) is 1.78. The van der Waals surface area contributed by atoms with Gasteiger partial charge in [0.25, 0.3) is 0 Å². The first kappa shape index (κ1) is 14.8. The Hall–Kier alpha value is -1.59. The summed E-state index contributed by atoms with van der Waals surface area (Å²) in [5.41, 5.74) is 1.28. The van der Waals surface area contributed by atoms with E-state index in [9.17, 15) is 4.79 Å². The van der Waals surface area contributed by atoms with E-state index in [-0.39, 0.29) is 5.97 Å². The number of esters is 1. The molecule has 0 saturated heterocycles. The SMILES string of the molecule is CCOC(=O)C1=CN(C)C(=S)NC1c1ccccc1Cl. The van der Waals surface area contributed by atoms with Crippen molar-refractivity contribution in [3.8, 4) is 0 Å². The van der Waals surface area contributed by atoms with Gasteiger partial charge in [0.2, 0.25) is 0 Å². The van der Waals surface area contributed by atoms with Crippen molar-refractivity contribution in [3.05, 3.63) is 46.6 Å². The van der Waals surface area contributed by atoms with E-state index in [0.717, 1.165) is 5.56 Å². The van der Waals surface area contributed by atoms with Gasteiger partial charge in [-0.2, -0.15) is 0 Å². The van der Waals surface area contributed by atoms with Crippen molar-refractivity contribution in [1.29, 1.82) is 0 Å². The molecule has 20 heavy (non-hydrogen) atoms. The standard InChI is InChI=1S/C14H15ClN2O2S/c1-3-19-13(18)10-8-17(2)14(20)16-12(10)9-6-4-5-7-11(9)15/h4-8,12H,3H2,1-2H3,(H,16,20). The maximum Gasteiger partial charge on any atom is 0.337 e. The highest BCUT2D eigenvalue weighted by Gasteiger charge is 2.30. The highest BCUT2D eigenvalue weighted by atomic mass is 35.5. The van der Waals surface area contributed by atoms with Gasteiger partial charge in [0.1, 0.15) is 0 Å². The smallest absolute Gasteiger partial charge is 0.337 e. The van der Waals surface area contributed by atoms with Crippen molar-refractivity contribution in [1.82, 2.24) is 10.2 Å². The van der Waals surface area contributed by atoms with Crippen LogP contribution < -0.4 is 5.32 Å². The van der Waals surface area contributed by atoms with Crippen LogP contribution in [0.25, 0.3) is 0 Å². The quantitative estimate of drug-likeness (QED) is 0.686. The van der Waals surface area contributed by atoms with Gasteiger partial charge in [-0.1, -0.05) is 29.8 Å². The molecule has 1 N–H and O–H groups in total. The fourth-order valence-corrected chi connectivity index (χ4v) is 2.40. The lowest BCUT2D eigenvalue weighted by molar-refractivity contribution is -0.139. The highest BCUT2D eigenvalue weighted by molar-refractivity contribution is 7.80. The lowest BCUT2D eigenvalue weighted by atomic mass is 9.98. The van der Waals surface area contributed by atoms with E-state index in [1.165, 1.54) is 0 Å². The van der Waals surface area contributed by atoms with Crippen molar-refractivity contribution in [2.75, 3.05) is 13.7 Å². The third-order valence-corrected chi connectivity index (χ3v) is 3.71. The summed E-state index contributed by atoms with van der Waals surface area (Å²) in [6.07, 6.45) is 1.69. The summed E-state index contributed by atoms with van der Waals surface area (Å²) in [6.45, 7) is 2.09. The second kappa shape index (κ2) is 6.24. The first-order chi connectivity index (χ1) is 9.54. The second-order valence-corrected chi connectivity index (χ2v) is 5.11. The van der Waals surface area contributed by atoms with Crippen molar-refractivity contribution in [3.63, 3.8) is 0 Å². The molecule has 6 heteroatoms. The molecule has 1 aromatic carbocycles. The van der Waals surface area contributed by atoms with Gasteiger partial charge in [-0.15, -0.1) is 0 Å². The lowest BCUT2D eigenvalue weighted by Crippen LogP contribution is -2.43. The van der Waals surface area contributed by atoms with Gasteiger partial charge in [-0.3, -0.25) is 0 Å². The fraction of sp³-hybridized carbons (Fsp3) is 0.286. The topological polar surface area (TPSA) is 41.6 Å². The monoisotopic (exact) mass is 310 g/mol. The van der Waals surface area contributed by atoms with Crippen molar-refractivity contribution < 1.29 is 9.53 Å². The number of rotatable bonds is 3. The van der Waals surface area contributed by atoms with Crippen LogP contribution in [0.15, 0.2) is 36.0 Å². The molecule has 1 atom stereocenters. The number of carbonyl (C=O) groups is 1. The van der Waals surface area contributed by atoms with Gasteiger partial charge in [-0.25, -0.2) is 4.79 Å². The summed E-state index contributed by atoms with van der Waals surface area (Å²) in [5, 5.41) is 4.22. The van der Waals surface area contributed by atoms with Crippen LogP contribution in [0.2, 0.25) is 5.02 Å². The van der Waals surface area contributed by atoms with Crippen LogP contribution in [-0.4, -0.2) is 29.6 Å². The average molecular weight is 311 g/mol.